The highest BCUT2D eigenvalue weighted by Crippen LogP contribution is 2.20. The second-order valence-electron chi connectivity index (χ2n) is 4.81. The van der Waals surface area contributed by atoms with Crippen molar-refractivity contribution in [2.45, 2.75) is 26.7 Å². The van der Waals surface area contributed by atoms with Gasteiger partial charge in [0, 0.05) is 24.6 Å². The molecular formula is C17H21N3O. The summed E-state index contributed by atoms with van der Waals surface area (Å²) in [5, 5.41) is 6.17. The molecule has 0 aliphatic rings. The number of nitrogens with zero attached hydrogens (tertiary/aromatic N) is 1. The zero-order valence-corrected chi connectivity index (χ0v) is 12.5. The molecule has 4 heteroatoms. The van der Waals surface area contributed by atoms with Crippen LogP contribution in [-0.2, 0) is 6.42 Å². The summed E-state index contributed by atoms with van der Waals surface area (Å²) in [7, 11) is 0. The fourth-order valence-corrected chi connectivity index (χ4v) is 2.24. The van der Waals surface area contributed by atoms with Crippen molar-refractivity contribution < 1.29 is 4.79 Å². The Hall–Kier alpha value is -2.36. The highest BCUT2D eigenvalue weighted by molar-refractivity contribution is 6.08. The summed E-state index contributed by atoms with van der Waals surface area (Å²) >= 11 is 0. The molecule has 21 heavy (non-hydrogen) atoms. The van der Waals surface area contributed by atoms with Crippen LogP contribution >= 0.6 is 0 Å². The molecule has 0 unspecified atom stereocenters. The monoisotopic (exact) mass is 283 g/mol. The van der Waals surface area contributed by atoms with Gasteiger partial charge in [-0.25, -0.2) is 0 Å². The first kappa shape index (κ1) is 15.0. The van der Waals surface area contributed by atoms with Crippen LogP contribution in [-0.4, -0.2) is 17.4 Å². The lowest BCUT2D eigenvalue weighted by atomic mass is 10.1. The fraction of sp³-hybridized carbons (Fsp3) is 0.294. The molecule has 1 heterocycles. The number of aromatic nitrogens is 1. The standard InChI is InChI=1S/C17H21N3O/c1-3-7-13-8-5-6-9-15(13)20-17(21)14-12-18-11-10-16(14)19-4-2/h5-6,8-12H,3-4,7H2,1-2H3,(H,18,19)(H,20,21). The largest absolute Gasteiger partial charge is 0.385 e. The van der Waals surface area contributed by atoms with Crippen molar-refractivity contribution in [3.8, 4) is 0 Å². The molecule has 0 bridgehead atoms. The zero-order valence-electron chi connectivity index (χ0n) is 12.5. The Morgan fingerprint density at radius 3 is 2.71 bits per heavy atom. The van der Waals surface area contributed by atoms with Crippen LogP contribution in [0.2, 0.25) is 0 Å². The number of nitrogens with one attached hydrogen (secondary N) is 2. The molecule has 2 rings (SSSR count). The second kappa shape index (κ2) is 7.43. The van der Waals surface area contributed by atoms with Gasteiger partial charge in [0.05, 0.1) is 11.3 Å². The van der Waals surface area contributed by atoms with Gasteiger partial charge in [0.2, 0.25) is 0 Å². The zero-order chi connectivity index (χ0) is 15.1. The first-order valence-corrected chi connectivity index (χ1v) is 7.33. The average Bonchev–Trinajstić information content (AvgIpc) is 2.50. The van der Waals surface area contributed by atoms with E-state index in [4.69, 9.17) is 0 Å². The Morgan fingerprint density at radius 1 is 1.14 bits per heavy atom. The minimum Gasteiger partial charge on any atom is -0.385 e. The molecule has 1 amide bonds. The first-order chi connectivity index (χ1) is 10.3. The maximum absolute atomic E-state index is 12.5. The highest BCUT2D eigenvalue weighted by Gasteiger charge is 2.12. The Labute approximate surface area is 125 Å². The molecule has 2 aromatic rings. The second-order valence-corrected chi connectivity index (χ2v) is 4.81. The van der Waals surface area contributed by atoms with E-state index in [0.29, 0.717) is 5.56 Å². The van der Waals surface area contributed by atoms with Gasteiger partial charge in [-0.3, -0.25) is 9.78 Å². The van der Waals surface area contributed by atoms with Gasteiger partial charge in [0.25, 0.3) is 5.91 Å². The molecule has 4 nitrogen and oxygen atoms in total. The van der Waals surface area contributed by atoms with Crippen LogP contribution in [0.5, 0.6) is 0 Å². The van der Waals surface area contributed by atoms with E-state index in [9.17, 15) is 4.79 Å². The molecule has 0 fully saturated rings. The molecule has 0 aliphatic carbocycles. The number of pyridine rings is 1. The van der Waals surface area contributed by atoms with Crippen molar-refractivity contribution in [1.29, 1.82) is 0 Å². The van der Waals surface area contributed by atoms with E-state index in [0.717, 1.165) is 36.3 Å². The first-order valence-electron chi connectivity index (χ1n) is 7.33. The van der Waals surface area contributed by atoms with E-state index in [-0.39, 0.29) is 5.91 Å². The Balaban J connectivity index is 2.22. The van der Waals surface area contributed by atoms with E-state index in [1.165, 1.54) is 0 Å². The van der Waals surface area contributed by atoms with Crippen LogP contribution in [0, 0.1) is 0 Å². The SMILES string of the molecule is CCCc1ccccc1NC(=O)c1cnccc1NCC. The maximum atomic E-state index is 12.5. The number of hydrogen-bond acceptors (Lipinski definition) is 3. The van der Waals surface area contributed by atoms with Gasteiger partial charge < -0.3 is 10.6 Å². The molecule has 1 aromatic heterocycles. The smallest absolute Gasteiger partial charge is 0.259 e. The van der Waals surface area contributed by atoms with E-state index >= 15 is 0 Å². The van der Waals surface area contributed by atoms with Gasteiger partial charge in [-0.1, -0.05) is 31.5 Å². The van der Waals surface area contributed by atoms with Crippen LogP contribution in [0.1, 0.15) is 36.2 Å². The van der Waals surface area contributed by atoms with E-state index in [1.807, 2.05) is 37.3 Å². The molecule has 110 valence electrons. The molecule has 0 saturated carbocycles. The van der Waals surface area contributed by atoms with E-state index < -0.39 is 0 Å². The predicted octanol–water partition coefficient (Wildman–Crippen LogP) is 3.72. The predicted molar refractivity (Wildman–Crippen MR) is 86.8 cm³/mol. The van der Waals surface area contributed by atoms with Crippen molar-refractivity contribution in [1.82, 2.24) is 4.98 Å². The molecule has 2 N–H and O–H groups in total. The number of benzene rings is 1. The molecule has 0 atom stereocenters. The molecule has 0 aliphatic heterocycles. The molecule has 1 aromatic carbocycles. The number of carbonyl (C=O) groups is 1. The van der Waals surface area contributed by atoms with E-state index in [1.54, 1.807) is 12.4 Å². The van der Waals surface area contributed by atoms with Crippen LogP contribution in [0.25, 0.3) is 0 Å². The summed E-state index contributed by atoms with van der Waals surface area (Å²) in [5.41, 5.74) is 3.39. The van der Waals surface area contributed by atoms with Gasteiger partial charge in [-0.05, 0) is 31.0 Å². The minimum absolute atomic E-state index is 0.136. The minimum atomic E-state index is -0.136. The number of rotatable bonds is 6. The third kappa shape index (κ3) is 3.81. The number of carbonyl (C=O) groups excluding carboxylic acids is 1. The summed E-state index contributed by atoms with van der Waals surface area (Å²) in [4.78, 5) is 16.5. The quantitative estimate of drug-likeness (QED) is 0.849. The summed E-state index contributed by atoms with van der Waals surface area (Å²) in [5.74, 6) is -0.136. The van der Waals surface area contributed by atoms with Crippen molar-refractivity contribution in [3.63, 3.8) is 0 Å². The van der Waals surface area contributed by atoms with E-state index in [2.05, 4.69) is 22.5 Å². The number of aryl methyl sites for hydroxylation is 1. The molecular weight excluding hydrogens is 262 g/mol. The van der Waals surface area contributed by atoms with Gasteiger partial charge >= 0.3 is 0 Å². The highest BCUT2D eigenvalue weighted by atomic mass is 16.1. The lowest BCUT2D eigenvalue weighted by Crippen LogP contribution is -2.16. The normalized spacial score (nSPS) is 10.2. The number of hydrogen-bond donors (Lipinski definition) is 2. The number of para-hydroxylation sites is 1. The molecule has 0 spiro atoms. The fourth-order valence-electron chi connectivity index (χ4n) is 2.24. The lowest BCUT2D eigenvalue weighted by molar-refractivity contribution is 0.102. The number of amides is 1. The van der Waals surface area contributed by atoms with Gasteiger partial charge in [-0.2, -0.15) is 0 Å². The van der Waals surface area contributed by atoms with Crippen LogP contribution in [0.3, 0.4) is 0 Å². The summed E-state index contributed by atoms with van der Waals surface area (Å²) in [6.07, 6.45) is 5.27. The van der Waals surface area contributed by atoms with Crippen molar-refractivity contribution in [2.24, 2.45) is 0 Å². The third-order valence-corrected chi connectivity index (χ3v) is 3.22. The maximum Gasteiger partial charge on any atom is 0.259 e. The number of anilines is 2. The van der Waals surface area contributed by atoms with Crippen molar-refractivity contribution in [3.05, 3.63) is 53.9 Å². The van der Waals surface area contributed by atoms with Crippen LogP contribution in [0.15, 0.2) is 42.7 Å². The Morgan fingerprint density at radius 2 is 1.95 bits per heavy atom. The summed E-state index contributed by atoms with van der Waals surface area (Å²) < 4.78 is 0. The molecule has 0 saturated heterocycles. The van der Waals surface area contributed by atoms with Gasteiger partial charge in [0.15, 0.2) is 0 Å². The average molecular weight is 283 g/mol. The Bertz CT molecular complexity index is 610. The van der Waals surface area contributed by atoms with Crippen LogP contribution in [0.4, 0.5) is 11.4 Å². The topological polar surface area (TPSA) is 54.0 Å². The van der Waals surface area contributed by atoms with Gasteiger partial charge in [0.1, 0.15) is 0 Å². The van der Waals surface area contributed by atoms with Crippen molar-refractivity contribution >= 4 is 17.3 Å². The summed E-state index contributed by atoms with van der Waals surface area (Å²) in [6, 6.07) is 9.73. The lowest BCUT2D eigenvalue weighted by Gasteiger charge is -2.13. The van der Waals surface area contributed by atoms with Gasteiger partial charge in [-0.15, -0.1) is 0 Å². The summed E-state index contributed by atoms with van der Waals surface area (Å²) in [6.45, 7) is 4.89. The molecule has 0 radical (unpaired) electrons. The van der Waals surface area contributed by atoms with Crippen molar-refractivity contribution in [2.75, 3.05) is 17.2 Å². The third-order valence-electron chi connectivity index (χ3n) is 3.22. The van der Waals surface area contributed by atoms with Crippen LogP contribution < -0.4 is 10.6 Å². The Kier molecular flexibility index (Phi) is 5.32.